The van der Waals surface area contributed by atoms with E-state index >= 15 is 0 Å². The molecule has 4 aliphatic rings. The first-order valence-electron chi connectivity index (χ1n) is 9.55. The monoisotopic (exact) mass is 330 g/mol. The Morgan fingerprint density at radius 1 is 0.917 bits per heavy atom. The van der Waals surface area contributed by atoms with Gasteiger partial charge in [-0.15, -0.1) is 0 Å². The predicted octanol–water partition coefficient (Wildman–Crippen LogP) is 3.29. The number of Topliss-reactive ketones (excluding diaryl/α,β-unsaturated/α-hetero) is 2. The molecule has 1 unspecified atom stereocenters. The molecular formula is C20H30N2O2. The second-order valence-corrected chi connectivity index (χ2v) is 7.53. The molecule has 0 aromatic rings. The van der Waals surface area contributed by atoms with Crippen LogP contribution in [0.4, 0.5) is 0 Å². The Morgan fingerprint density at radius 2 is 1.50 bits per heavy atom. The second-order valence-electron chi connectivity index (χ2n) is 7.53. The van der Waals surface area contributed by atoms with Gasteiger partial charge in [0.05, 0.1) is 11.4 Å². The van der Waals surface area contributed by atoms with Crippen LogP contribution in [0.3, 0.4) is 0 Å². The van der Waals surface area contributed by atoms with Gasteiger partial charge >= 0.3 is 0 Å². The highest BCUT2D eigenvalue weighted by atomic mass is 16.1. The van der Waals surface area contributed by atoms with E-state index in [-0.39, 0.29) is 5.92 Å². The minimum atomic E-state index is 0.237. The second kappa shape index (κ2) is 7.54. The lowest BCUT2D eigenvalue weighted by Gasteiger charge is -2.18. The summed E-state index contributed by atoms with van der Waals surface area (Å²) in [5.74, 6) is 0.965. The third kappa shape index (κ3) is 3.57. The molecule has 0 radical (unpaired) electrons. The zero-order chi connectivity index (χ0) is 17.1. The number of likely N-dealkylation sites (tertiary alicyclic amines) is 2. The van der Waals surface area contributed by atoms with Crippen LogP contribution in [0.25, 0.3) is 0 Å². The van der Waals surface area contributed by atoms with Crippen LogP contribution < -0.4 is 0 Å². The van der Waals surface area contributed by atoms with E-state index in [1.807, 2.05) is 6.92 Å². The Balaban J connectivity index is 0.000000141. The number of allylic oxidation sites excluding steroid dienone is 4. The Hall–Kier alpha value is -1.58. The minimum Gasteiger partial charge on any atom is -0.369 e. The largest absolute Gasteiger partial charge is 0.369 e. The highest BCUT2D eigenvalue weighted by Gasteiger charge is 2.28. The Bertz CT molecular complexity index is 564. The van der Waals surface area contributed by atoms with Gasteiger partial charge in [0.25, 0.3) is 0 Å². The van der Waals surface area contributed by atoms with Crippen LogP contribution >= 0.6 is 0 Å². The maximum absolute atomic E-state index is 11.6. The summed E-state index contributed by atoms with van der Waals surface area (Å²) in [6, 6.07) is 0. The minimum absolute atomic E-state index is 0.237. The van der Waals surface area contributed by atoms with Crippen molar-refractivity contribution in [2.75, 3.05) is 26.2 Å². The van der Waals surface area contributed by atoms with Crippen molar-refractivity contribution in [2.24, 2.45) is 5.92 Å². The van der Waals surface area contributed by atoms with Gasteiger partial charge in [-0.05, 0) is 51.0 Å². The van der Waals surface area contributed by atoms with Crippen molar-refractivity contribution in [3.8, 4) is 0 Å². The van der Waals surface area contributed by atoms with Gasteiger partial charge in [-0.25, -0.2) is 0 Å². The Labute approximate surface area is 145 Å². The molecule has 0 N–H and O–H groups in total. The number of ketones is 2. The molecule has 0 aromatic carbocycles. The quantitative estimate of drug-likeness (QED) is 0.779. The van der Waals surface area contributed by atoms with Crippen LogP contribution in [-0.2, 0) is 9.59 Å². The van der Waals surface area contributed by atoms with Crippen LogP contribution in [0, 0.1) is 5.92 Å². The zero-order valence-corrected chi connectivity index (χ0v) is 15.1. The van der Waals surface area contributed by atoms with Crippen molar-refractivity contribution in [1.82, 2.24) is 9.80 Å². The van der Waals surface area contributed by atoms with Crippen molar-refractivity contribution in [3.05, 3.63) is 23.0 Å². The van der Waals surface area contributed by atoms with Gasteiger partial charge in [-0.3, -0.25) is 9.59 Å². The van der Waals surface area contributed by atoms with Crippen molar-refractivity contribution in [1.29, 1.82) is 0 Å². The van der Waals surface area contributed by atoms with Crippen LogP contribution in [-0.4, -0.2) is 47.5 Å². The number of hydrogen-bond donors (Lipinski definition) is 0. The smallest absolute Gasteiger partial charge is 0.181 e. The molecule has 0 saturated carbocycles. The molecule has 2 aliphatic carbocycles. The topological polar surface area (TPSA) is 40.6 Å². The summed E-state index contributed by atoms with van der Waals surface area (Å²) in [6.07, 6.45) is 9.80. The fourth-order valence-electron chi connectivity index (χ4n) is 4.15. The van der Waals surface area contributed by atoms with Crippen LogP contribution in [0.15, 0.2) is 23.0 Å². The Morgan fingerprint density at radius 3 is 1.96 bits per heavy atom. The summed E-state index contributed by atoms with van der Waals surface area (Å²) in [6.45, 7) is 8.48. The lowest BCUT2D eigenvalue weighted by atomic mass is 10.1. The van der Waals surface area contributed by atoms with Crippen LogP contribution in [0.5, 0.6) is 0 Å². The summed E-state index contributed by atoms with van der Waals surface area (Å²) >= 11 is 0. The molecule has 2 aliphatic heterocycles. The lowest BCUT2D eigenvalue weighted by molar-refractivity contribution is -0.119. The first-order valence-corrected chi connectivity index (χ1v) is 9.55. The van der Waals surface area contributed by atoms with E-state index in [2.05, 4.69) is 22.8 Å². The van der Waals surface area contributed by atoms with Gasteiger partial charge < -0.3 is 9.80 Å². The summed E-state index contributed by atoms with van der Waals surface area (Å²) in [4.78, 5) is 27.6. The van der Waals surface area contributed by atoms with Gasteiger partial charge in [0.1, 0.15) is 0 Å². The molecule has 0 spiro atoms. The van der Waals surface area contributed by atoms with E-state index in [9.17, 15) is 9.59 Å². The highest BCUT2D eigenvalue weighted by molar-refractivity contribution is 5.98. The number of carbonyl (C=O) groups excluding carboxylic acids is 2. The summed E-state index contributed by atoms with van der Waals surface area (Å²) in [5, 5.41) is 0. The number of nitrogens with zero attached hydrogens (tertiary/aromatic N) is 2. The van der Waals surface area contributed by atoms with E-state index in [1.165, 1.54) is 31.3 Å². The predicted molar refractivity (Wildman–Crippen MR) is 95.4 cm³/mol. The fourth-order valence-corrected chi connectivity index (χ4v) is 4.15. The van der Waals surface area contributed by atoms with Crippen molar-refractivity contribution in [3.63, 3.8) is 0 Å². The molecule has 4 nitrogen and oxygen atoms in total. The summed E-state index contributed by atoms with van der Waals surface area (Å²) < 4.78 is 0. The molecule has 1 atom stereocenters. The molecule has 132 valence electrons. The van der Waals surface area contributed by atoms with Crippen LogP contribution in [0.2, 0.25) is 0 Å². The maximum atomic E-state index is 11.6. The van der Waals surface area contributed by atoms with E-state index in [0.29, 0.717) is 11.6 Å². The molecule has 2 fully saturated rings. The molecule has 4 heteroatoms. The van der Waals surface area contributed by atoms with Gasteiger partial charge in [-0.1, -0.05) is 13.0 Å². The third-order valence-electron chi connectivity index (χ3n) is 5.63. The number of hydrogen-bond acceptors (Lipinski definition) is 4. The molecule has 24 heavy (non-hydrogen) atoms. The lowest BCUT2D eigenvalue weighted by Crippen LogP contribution is -2.24. The molecule has 4 rings (SSSR count). The third-order valence-corrected chi connectivity index (χ3v) is 5.63. The molecule has 2 saturated heterocycles. The van der Waals surface area contributed by atoms with Gasteiger partial charge in [0, 0.05) is 38.5 Å². The summed E-state index contributed by atoms with van der Waals surface area (Å²) in [7, 11) is 0. The van der Waals surface area contributed by atoms with Gasteiger partial charge in [0.2, 0.25) is 0 Å². The maximum Gasteiger partial charge on any atom is 0.181 e. The Kier molecular flexibility index (Phi) is 5.42. The van der Waals surface area contributed by atoms with E-state index in [0.717, 1.165) is 56.8 Å². The van der Waals surface area contributed by atoms with Crippen molar-refractivity contribution in [2.45, 2.75) is 58.8 Å². The van der Waals surface area contributed by atoms with E-state index in [1.54, 1.807) is 0 Å². The fraction of sp³-hybridized carbons (Fsp3) is 0.700. The SMILES string of the molecule is CC1=C(N2CCCC2)C(=O)CC1.CC1CC=C(N2CCCC2)C1=O. The molecule has 0 bridgehead atoms. The first kappa shape index (κ1) is 17.2. The van der Waals surface area contributed by atoms with Crippen LogP contribution in [0.1, 0.15) is 58.8 Å². The molecule has 0 aromatic heterocycles. The van der Waals surface area contributed by atoms with E-state index < -0.39 is 0 Å². The molecular weight excluding hydrogens is 300 g/mol. The highest BCUT2D eigenvalue weighted by Crippen LogP contribution is 2.28. The van der Waals surface area contributed by atoms with E-state index in [4.69, 9.17) is 0 Å². The summed E-state index contributed by atoms with van der Waals surface area (Å²) in [5.41, 5.74) is 3.36. The van der Waals surface area contributed by atoms with Crippen molar-refractivity contribution < 1.29 is 9.59 Å². The average Bonchev–Trinajstić information content (AvgIpc) is 3.32. The number of rotatable bonds is 2. The van der Waals surface area contributed by atoms with Gasteiger partial charge in [0.15, 0.2) is 11.6 Å². The standard InChI is InChI=1S/2C10H15NO/c1-8-4-5-9(12)10(8)11-6-2-3-7-11;1-8-4-5-9(10(8)12)11-6-2-3-7-11/h2-7H2,1H3;5,8H,2-4,6-7H2,1H3. The van der Waals surface area contributed by atoms with Gasteiger partial charge in [-0.2, -0.15) is 0 Å². The average molecular weight is 330 g/mol. The zero-order valence-electron chi connectivity index (χ0n) is 15.1. The molecule has 0 amide bonds. The number of carbonyl (C=O) groups is 2. The first-order chi connectivity index (χ1) is 11.6. The normalized spacial score (nSPS) is 27.1. The van der Waals surface area contributed by atoms with Crippen molar-refractivity contribution >= 4 is 11.6 Å². The molecule has 2 heterocycles.